The Morgan fingerprint density at radius 2 is 1.21 bits per heavy atom. The van der Waals surface area contributed by atoms with Crippen molar-refractivity contribution in [2.45, 2.75) is 9.79 Å². The third-order valence-corrected chi connectivity index (χ3v) is 8.74. The maximum Gasteiger partial charge on any atom is 0.0713 e. The highest BCUT2D eigenvalue weighted by atomic mass is 32.2. The van der Waals surface area contributed by atoms with Gasteiger partial charge in [0.1, 0.15) is 0 Å². The van der Waals surface area contributed by atoms with Crippen molar-refractivity contribution in [3.05, 3.63) is 134 Å². The summed E-state index contributed by atoms with van der Waals surface area (Å²) in [6.07, 6.45) is 5.80. The standard InChI is InChI=1S/C36H22N2S/c1-2-10-26-24(8-1)20-32(28-12-4-3-11-27(26)28)35-29-13-5-6-14-30(29)36(31-17-19-37-22-33(31)35)39-25-16-15-23-9-7-18-38-34(23)21-25/h1-22H. The van der Waals surface area contributed by atoms with Crippen LogP contribution in [0.25, 0.3) is 65.1 Å². The minimum atomic E-state index is 1.01. The molecule has 0 spiro atoms. The summed E-state index contributed by atoms with van der Waals surface area (Å²) in [6.45, 7) is 0. The van der Waals surface area contributed by atoms with E-state index in [4.69, 9.17) is 0 Å². The van der Waals surface area contributed by atoms with Gasteiger partial charge in [0.25, 0.3) is 0 Å². The van der Waals surface area contributed by atoms with Crippen molar-refractivity contribution in [3.63, 3.8) is 0 Å². The third-order valence-electron chi connectivity index (χ3n) is 7.61. The Balaban J connectivity index is 1.46. The monoisotopic (exact) mass is 514 g/mol. The van der Waals surface area contributed by atoms with Gasteiger partial charge in [0.15, 0.2) is 0 Å². The molecule has 0 saturated carbocycles. The minimum absolute atomic E-state index is 1.01. The molecular formula is C36H22N2S. The molecule has 8 aromatic rings. The average molecular weight is 515 g/mol. The molecule has 0 aliphatic rings. The molecule has 39 heavy (non-hydrogen) atoms. The van der Waals surface area contributed by atoms with Crippen LogP contribution in [-0.2, 0) is 0 Å². The molecule has 2 aromatic heterocycles. The van der Waals surface area contributed by atoms with Gasteiger partial charge >= 0.3 is 0 Å². The van der Waals surface area contributed by atoms with Crippen molar-refractivity contribution in [1.82, 2.24) is 9.97 Å². The van der Waals surface area contributed by atoms with Gasteiger partial charge in [-0.2, -0.15) is 0 Å². The van der Waals surface area contributed by atoms with Gasteiger partial charge < -0.3 is 0 Å². The predicted molar refractivity (Wildman–Crippen MR) is 166 cm³/mol. The van der Waals surface area contributed by atoms with Gasteiger partial charge in [-0.1, -0.05) is 96.7 Å². The molecule has 0 bridgehead atoms. The summed E-state index contributed by atoms with van der Waals surface area (Å²) >= 11 is 1.80. The van der Waals surface area contributed by atoms with Crippen LogP contribution in [0.1, 0.15) is 0 Å². The zero-order valence-corrected chi connectivity index (χ0v) is 21.8. The predicted octanol–water partition coefficient (Wildman–Crippen LogP) is 10.1. The molecule has 0 unspecified atom stereocenters. The van der Waals surface area contributed by atoms with E-state index in [1.165, 1.54) is 58.6 Å². The number of fused-ring (bicyclic) bond motifs is 6. The average Bonchev–Trinajstić information content (AvgIpc) is 3.01. The van der Waals surface area contributed by atoms with Crippen LogP contribution >= 0.6 is 11.8 Å². The first kappa shape index (κ1) is 22.3. The van der Waals surface area contributed by atoms with Crippen molar-refractivity contribution >= 4 is 65.8 Å². The van der Waals surface area contributed by atoms with Crippen LogP contribution in [0.4, 0.5) is 0 Å². The summed E-state index contributed by atoms with van der Waals surface area (Å²) in [5, 5.41) is 11.1. The summed E-state index contributed by atoms with van der Waals surface area (Å²) in [5.41, 5.74) is 3.49. The first-order chi connectivity index (χ1) is 19.3. The highest BCUT2D eigenvalue weighted by Gasteiger charge is 2.19. The van der Waals surface area contributed by atoms with Crippen molar-refractivity contribution in [2.75, 3.05) is 0 Å². The Bertz CT molecular complexity index is 2160. The smallest absolute Gasteiger partial charge is 0.0713 e. The minimum Gasteiger partial charge on any atom is -0.264 e. The van der Waals surface area contributed by atoms with Crippen molar-refractivity contribution < 1.29 is 0 Å². The van der Waals surface area contributed by atoms with Crippen LogP contribution in [0.5, 0.6) is 0 Å². The first-order valence-corrected chi connectivity index (χ1v) is 13.9. The highest BCUT2D eigenvalue weighted by molar-refractivity contribution is 7.99. The van der Waals surface area contributed by atoms with Gasteiger partial charge in [-0.25, -0.2) is 0 Å². The second-order valence-electron chi connectivity index (χ2n) is 9.82. The van der Waals surface area contributed by atoms with E-state index in [9.17, 15) is 0 Å². The Morgan fingerprint density at radius 1 is 0.487 bits per heavy atom. The van der Waals surface area contributed by atoms with E-state index in [0.717, 1.165) is 16.3 Å². The molecule has 0 aliphatic heterocycles. The summed E-state index contributed by atoms with van der Waals surface area (Å²) < 4.78 is 0. The SMILES string of the molecule is c1cnc2cc(Sc3c4ccccc4c(-c4cc5ccccc5c5ccccc45)c4cnccc34)ccc2c1. The van der Waals surface area contributed by atoms with Gasteiger partial charge in [0, 0.05) is 39.2 Å². The van der Waals surface area contributed by atoms with Crippen LogP contribution in [0.2, 0.25) is 0 Å². The number of hydrogen-bond acceptors (Lipinski definition) is 3. The molecule has 0 fully saturated rings. The van der Waals surface area contributed by atoms with E-state index in [2.05, 4.69) is 119 Å². The molecule has 0 amide bonds. The second-order valence-corrected chi connectivity index (χ2v) is 10.9. The lowest BCUT2D eigenvalue weighted by molar-refractivity contribution is 1.35. The number of hydrogen-bond donors (Lipinski definition) is 0. The van der Waals surface area contributed by atoms with Gasteiger partial charge in [-0.3, -0.25) is 9.97 Å². The second kappa shape index (κ2) is 8.93. The number of benzene rings is 6. The Morgan fingerprint density at radius 3 is 2.10 bits per heavy atom. The number of rotatable bonds is 3. The lowest BCUT2D eigenvalue weighted by Crippen LogP contribution is -1.92. The van der Waals surface area contributed by atoms with Crippen LogP contribution in [-0.4, -0.2) is 9.97 Å². The summed E-state index contributed by atoms with van der Waals surface area (Å²) in [6, 6.07) is 41.4. The van der Waals surface area contributed by atoms with Crippen molar-refractivity contribution in [1.29, 1.82) is 0 Å². The largest absolute Gasteiger partial charge is 0.264 e. The van der Waals surface area contributed by atoms with Gasteiger partial charge in [-0.05, 0) is 79.2 Å². The Labute approximate surface area is 230 Å². The third kappa shape index (κ3) is 3.58. The lowest BCUT2D eigenvalue weighted by Gasteiger charge is -2.19. The fourth-order valence-electron chi connectivity index (χ4n) is 5.87. The maximum atomic E-state index is 4.62. The normalized spacial score (nSPS) is 11.7. The number of pyridine rings is 2. The van der Waals surface area contributed by atoms with E-state index >= 15 is 0 Å². The van der Waals surface area contributed by atoms with Gasteiger partial charge in [0.2, 0.25) is 0 Å². The lowest BCUT2D eigenvalue weighted by atomic mass is 9.88. The van der Waals surface area contributed by atoms with Crippen molar-refractivity contribution in [3.8, 4) is 11.1 Å². The fourth-order valence-corrected chi connectivity index (χ4v) is 6.99. The van der Waals surface area contributed by atoms with E-state index < -0.39 is 0 Å². The van der Waals surface area contributed by atoms with E-state index in [0.29, 0.717) is 0 Å². The molecule has 6 aromatic carbocycles. The van der Waals surface area contributed by atoms with E-state index in [1.54, 1.807) is 11.8 Å². The molecule has 2 heterocycles. The van der Waals surface area contributed by atoms with E-state index in [1.807, 2.05) is 24.7 Å². The van der Waals surface area contributed by atoms with Crippen molar-refractivity contribution in [2.24, 2.45) is 0 Å². The van der Waals surface area contributed by atoms with E-state index in [-0.39, 0.29) is 0 Å². The highest BCUT2D eigenvalue weighted by Crippen LogP contribution is 2.47. The summed E-state index contributed by atoms with van der Waals surface area (Å²) in [5.74, 6) is 0. The Hall–Kier alpha value is -4.73. The molecule has 2 nitrogen and oxygen atoms in total. The molecule has 0 saturated heterocycles. The Kier molecular flexibility index (Phi) is 5.10. The van der Waals surface area contributed by atoms with Gasteiger partial charge in [0.05, 0.1) is 5.52 Å². The molecule has 0 atom stereocenters. The van der Waals surface area contributed by atoms with Crippen LogP contribution in [0, 0.1) is 0 Å². The topological polar surface area (TPSA) is 25.8 Å². The van der Waals surface area contributed by atoms with Crippen LogP contribution in [0.3, 0.4) is 0 Å². The summed E-state index contributed by atoms with van der Waals surface area (Å²) in [7, 11) is 0. The number of nitrogens with zero attached hydrogens (tertiary/aromatic N) is 2. The molecule has 0 aliphatic carbocycles. The molecule has 182 valence electrons. The summed E-state index contributed by atoms with van der Waals surface area (Å²) in [4.78, 5) is 11.6. The molecular weight excluding hydrogens is 492 g/mol. The first-order valence-electron chi connectivity index (χ1n) is 13.1. The number of aromatic nitrogens is 2. The maximum absolute atomic E-state index is 4.62. The molecule has 0 radical (unpaired) electrons. The van der Waals surface area contributed by atoms with Crippen LogP contribution < -0.4 is 0 Å². The zero-order valence-electron chi connectivity index (χ0n) is 21.0. The van der Waals surface area contributed by atoms with Crippen LogP contribution in [0.15, 0.2) is 144 Å². The molecule has 3 heteroatoms. The molecule has 8 rings (SSSR count). The quantitative estimate of drug-likeness (QED) is 0.173. The fraction of sp³-hybridized carbons (Fsp3) is 0. The molecule has 0 N–H and O–H groups in total. The van der Waals surface area contributed by atoms with Gasteiger partial charge in [-0.15, -0.1) is 0 Å². The zero-order chi connectivity index (χ0) is 25.8.